The van der Waals surface area contributed by atoms with Gasteiger partial charge in [-0.25, -0.2) is 4.74 Å². The Morgan fingerprint density at radius 2 is 1.46 bits per heavy atom. The van der Waals surface area contributed by atoms with Crippen LogP contribution in [0.4, 0.5) is 0 Å². The van der Waals surface area contributed by atoms with E-state index in [4.69, 9.17) is 0 Å². The number of hydrogen-bond acceptors (Lipinski definition) is 2. The van der Waals surface area contributed by atoms with Crippen LogP contribution in [0.15, 0.2) is 66.7 Å². The van der Waals surface area contributed by atoms with Gasteiger partial charge in [0.05, 0.1) is 13.1 Å². The van der Waals surface area contributed by atoms with Gasteiger partial charge in [0, 0.05) is 5.56 Å². The predicted molar refractivity (Wildman–Crippen MR) is 97.7 cm³/mol. The first-order chi connectivity index (χ1) is 11.8. The second-order valence-electron chi connectivity index (χ2n) is 6.51. The molecule has 1 atom stereocenters. The van der Waals surface area contributed by atoms with E-state index in [0.29, 0.717) is 0 Å². The number of nitrogens with zero attached hydrogens (tertiary/aromatic N) is 2. The van der Waals surface area contributed by atoms with E-state index in [2.05, 4.69) is 23.1 Å². The monoisotopic (exact) mass is 318 g/mol. The highest BCUT2D eigenvalue weighted by molar-refractivity contribution is 5.93. The predicted octanol–water partition coefficient (Wildman–Crippen LogP) is 4.22. The first kappa shape index (κ1) is 15.0. The normalized spacial score (nSPS) is 21.1. The zero-order chi connectivity index (χ0) is 16.4. The Morgan fingerprint density at radius 3 is 2.12 bits per heavy atom. The van der Waals surface area contributed by atoms with Crippen LogP contribution in [0.25, 0.3) is 5.70 Å². The fraction of sp³-hybridized carbons (Fsp3) is 0.286. The standard InChI is InChI=1S/C21H22N2O/c24-23-20(18-12-6-2-7-13-18)16-19(17-10-4-1-5-11-17)21(23)22-14-8-3-9-15-22/h1-2,4-7,10-13,16,19H,3,8-9,14-15H2. The summed E-state index contributed by atoms with van der Waals surface area (Å²) in [6.07, 6.45) is 5.72. The van der Waals surface area contributed by atoms with Crippen LogP contribution in [-0.2, 0) is 0 Å². The molecule has 2 aliphatic heterocycles. The number of hydroxylamine groups is 1. The zero-order valence-electron chi connectivity index (χ0n) is 13.8. The van der Waals surface area contributed by atoms with Gasteiger partial charge in [0.1, 0.15) is 11.6 Å². The van der Waals surface area contributed by atoms with Crippen molar-refractivity contribution in [2.75, 3.05) is 13.1 Å². The van der Waals surface area contributed by atoms with E-state index >= 15 is 0 Å². The Hall–Kier alpha value is -2.55. The molecule has 0 N–H and O–H groups in total. The van der Waals surface area contributed by atoms with Crippen molar-refractivity contribution in [3.8, 4) is 0 Å². The SMILES string of the molecule is [O-][N+]1=C(N2CCCCC2)C(c2ccccc2)C=C1c1ccccc1. The van der Waals surface area contributed by atoms with E-state index in [1.807, 2.05) is 48.5 Å². The minimum absolute atomic E-state index is 0.0389. The number of piperidine rings is 1. The van der Waals surface area contributed by atoms with Crippen LogP contribution in [0.5, 0.6) is 0 Å². The molecule has 2 aromatic carbocycles. The van der Waals surface area contributed by atoms with Crippen LogP contribution < -0.4 is 0 Å². The first-order valence-electron chi connectivity index (χ1n) is 8.76. The third-order valence-electron chi connectivity index (χ3n) is 4.94. The van der Waals surface area contributed by atoms with Gasteiger partial charge in [-0.2, -0.15) is 0 Å². The van der Waals surface area contributed by atoms with Crippen molar-refractivity contribution in [2.24, 2.45) is 0 Å². The van der Waals surface area contributed by atoms with Crippen molar-refractivity contribution in [1.82, 2.24) is 4.90 Å². The first-order valence-corrected chi connectivity index (χ1v) is 8.76. The van der Waals surface area contributed by atoms with Gasteiger partial charge in [0.25, 0.3) is 5.84 Å². The lowest BCUT2D eigenvalue weighted by Gasteiger charge is -2.27. The van der Waals surface area contributed by atoms with Crippen LogP contribution in [0, 0.1) is 5.21 Å². The van der Waals surface area contributed by atoms with E-state index in [1.165, 1.54) is 24.8 Å². The fourth-order valence-corrected chi connectivity index (χ4v) is 3.73. The molecular formula is C21H22N2O. The lowest BCUT2D eigenvalue weighted by molar-refractivity contribution is -0.356. The second kappa shape index (κ2) is 6.52. The van der Waals surface area contributed by atoms with Crippen molar-refractivity contribution >= 4 is 11.5 Å². The highest BCUT2D eigenvalue weighted by Crippen LogP contribution is 2.33. The Bertz CT molecular complexity index is 759. The summed E-state index contributed by atoms with van der Waals surface area (Å²) in [5.74, 6) is 0.928. The molecule has 24 heavy (non-hydrogen) atoms. The van der Waals surface area contributed by atoms with Crippen LogP contribution in [0.1, 0.15) is 36.3 Å². The van der Waals surface area contributed by atoms with Gasteiger partial charge in [-0.05, 0) is 30.9 Å². The van der Waals surface area contributed by atoms with Gasteiger partial charge in [-0.3, -0.25) is 4.90 Å². The van der Waals surface area contributed by atoms with E-state index in [1.54, 1.807) is 0 Å². The van der Waals surface area contributed by atoms with Gasteiger partial charge in [0.2, 0.25) is 0 Å². The molecule has 2 aliphatic rings. The summed E-state index contributed by atoms with van der Waals surface area (Å²) in [4.78, 5) is 2.29. The van der Waals surface area contributed by atoms with Gasteiger partial charge in [-0.15, -0.1) is 0 Å². The molecule has 1 fully saturated rings. The minimum Gasteiger partial charge on any atom is -0.710 e. The van der Waals surface area contributed by atoms with E-state index in [-0.39, 0.29) is 5.92 Å². The molecule has 1 unspecified atom stereocenters. The van der Waals surface area contributed by atoms with Gasteiger partial charge >= 0.3 is 0 Å². The molecule has 2 aromatic rings. The highest BCUT2D eigenvalue weighted by atomic mass is 16.5. The Kier molecular flexibility index (Phi) is 4.08. The van der Waals surface area contributed by atoms with Crippen LogP contribution in [0.3, 0.4) is 0 Å². The summed E-state index contributed by atoms with van der Waals surface area (Å²) in [5.41, 5.74) is 2.94. The minimum atomic E-state index is 0.0389. The maximum absolute atomic E-state index is 13.2. The number of amidine groups is 1. The Labute approximate surface area is 143 Å². The molecule has 0 spiro atoms. The largest absolute Gasteiger partial charge is 0.710 e. The molecule has 1 saturated heterocycles. The van der Waals surface area contributed by atoms with Crippen molar-refractivity contribution in [3.05, 3.63) is 83.1 Å². The molecule has 122 valence electrons. The lowest BCUT2D eigenvalue weighted by Crippen LogP contribution is -2.40. The summed E-state index contributed by atoms with van der Waals surface area (Å²) in [6.45, 7) is 1.96. The highest BCUT2D eigenvalue weighted by Gasteiger charge is 2.36. The van der Waals surface area contributed by atoms with Crippen molar-refractivity contribution in [2.45, 2.75) is 25.2 Å². The van der Waals surface area contributed by atoms with Gasteiger partial charge in [0.15, 0.2) is 0 Å². The number of likely N-dealkylation sites (tertiary alicyclic amines) is 1. The van der Waals surface area contributed by atoms with E-state index in [0.717, 1.165) is 34.9 Å². The lowest BCUT2D eigenvalue weighted by atomic mass is 9.96. The van der Waals surface area contributed by atoms with Gasteiger partial charge in [-0.1, -0.05) is 60.7 Å². The Balaban J connectivity index is 1.79. The number of hydrogen-bond donors (Lipinski definition) is 0. The second-order valence-corrected chi connectivity index (χ2v) is 6.51. The van der Waals surface area contributed by atoms with Crippen molar-refractivity contribution in [3.63, 3.8) is 0 Å². The third kappa shape index (κ3) is 2.71. The molecule has 2 heterocycles. The molecule has 0 radical (unpaired) electrons. The molecule has 0 amide bonds. The molecular weight excluding hydrogens is 296 g/mol. The maximum atomic E-state index is 13.2. The van der Waals surface area contributed by atoms with Crippen LogP contribution in [0.2, 0.25) is 0 Å². The average molecular weight is 318 g/mol. The maximum Gasteiger partial charge on any atom is 0.266 e. The molecule has 0 bridgehead atoms. The average Bonchev–Trinajstić information content (AvgIpc) is 3.01. The molecule has 3 nitrogen and oxygen atoms in total. The Morgan fingerprint density at radius 1 is 0.833 bits per heavy atom. The third-order valence-corrected chi connectivity index (χ3v) is 4.94. The smallest absolute Gasteiger partial charge is 0.266 e. The molecule has 3 heteroatoms. The quantitative estimate of drug-likeness (QED) is 0.613. The number of rotatable bonds is 2. The molecule has 0 saturated carbocycles. The van der Waals surface area contributed by atoms with Crippen molar-refractivity contribution in [1.29, 1.82) is 0 Å². The van der Waals surface area contributed by atoms with Crippen LogP contribution in [-0.4, -0.2) is 28.6 Å². The molecule has 0 aliphatic carbocycles. The van der Waals surface area contributed by atoms with E-state index < -0.39 is 0 Å². The summed E-state index contributed by atoms with van der Waals surface area (Å²) in [6, 6.07) is 20.3. The van der Waals surface area contributed by atoms with Crippen LogP contribution >= 0.6 is 0 Å². The number of benzene rings is 2. The topological polar surface area (TPSA) is 29.3 Å². The molecule has 4 rings (SSSR count). The summed E-state index contributed by atoms with van der Waals surface area (Å²) in [5, 5.41) is 13.2. The zero-order valence-corrected chi connectivity index (χ0v) is 13.8. The van der Waals surface area contributed by atoms with E-state index in [9.17, 15) is 5.21 Å². The molecule has 0 aromatic heterocycles. The fourth-order valence-electron chi connectivity index (χ4n) is 3.73. The summed E-state index contributed by atoms with van der Waals surface area (Å²) >= 11 is 0. The summed E-state index contributed by atoms with van der Waals surface area (Å²) < 4.78 is 1.16. The van der Waals surface area contributed by atoms with Gasteiger partial charge < -0.3 is 5.21 Å². The van der Waals surface area contributed by atoms with Crippen molar-refractivity contribution < 1.29 is 4.74 Å². The summed E-state index contributed by atoms with van der Waals surface area (Å²) in [7, 11) is 0.